The van der Waals surface area contributed by atoms with Crippen LogP contribution in [0, 0.1) is 0 Å². The fraction of sp³-hybridized carbons (Fsp3) is 0.100. The number of nitrogen functional groups attached to an aromatic ring is 1. The molecular weight excluding hydrogens is 290 g/mol. The molecule has 1 aromatic carbocycles. The molecule has 0 aliphatic heterocycles. The second kappa shape index (κ2) is 4.98. The number of aromatic nitrogens is 3. The molecule has 7 nitrogen and oxygen atoms in total. The monoisotopic (exact) mass is 299 g/mol. The van der Waals surface area contributed by atoms with Crippen LogP contribution in [0.1, 0.15) is 10.4 Å². The molecule has 1 aromatic heterocycles. The number of carbonyl (C=O) groups is 1. The van der Waals surface area contributed by atoms with Gasteiger partial charge in [0, 0.05) is 17.6 Å². The van der Waals surface area contributed by atoms with E-state index in [2.05, 4.69) is 10.2 Å². The Bertz CT molecular complexity index is 708. The maximum Gasteiger partial charge on any atom is 0.343 e. The highest BCUT2D eigenvalue weighted by atomic mass is 35.5. The Labute approximate surface area is 116 Å². The van der Waals surface area contributed by atoms with E-state index >= 15 is 0 Å². The van der Waals surface area contributed by atoms with Crippen LogP contribution in [0.3, 0.4) is 0 Å². The van der Waals surface area contributed by atoms with Crippen LogP contribution in [0.4, 0.5) is 5.69 Å². The number of carbonyl (C=O) groups excluding carboxylic acids is 1. The molecule has 5 N–H and O–H groups in total. The molecule has 0 spiro atoms. The van der Waals surface area contributed by atoms with Gasteiger partial charge in [-0.1, -0.05) is 11.6 Å². The Morgan fingerprint density at radius 3 is 2.74 bits per heavy atom. The number of hydrogen-bond acceptors (Lipinski definition) is 5. The molecule has 0 fully saturated rings. The summed E-state index contributed by atoms with van der Waals surface area (Å²) in [4.78, 5) is 23.1. The summed E-state index contributed by atoms with van der Waals surface area (Å²) in [7, 11) is 1.54. The third-order valence-corrected chi connectivity index (χ3v) is 3.97. The summed E-state index contributed by atoms with van der Waals surface area (Å²) in [5, 5.41) is 6.74. The first-order valence-corrected chi connectivity index (χ1v) is 6.27. The summed E-state index contributed by atoms with van der Waals surface area (Å²) in [6.45, 7) is 0. The number of primary amides is 1. The largest absolute Gasteiger partial charge is 0.399 e. The molecule has 1 heterocycles. The van der Waals surface area contributed by atoms with E-state index in [1.54, 1.807) is 7.05 Å². The molecule has 0 radical (unpaired) electrons. The highest BCUT2D eigenvalue weighted by Gasteiger charge is 2.17. The van der Waals surface area contributed by atoms with Crippen LogP contribution >= 0.6 is 23.4 Å². The highest BCUT2D eigenvalue weighted by molar-refractivity contribution is 7.99. The standard InChI is InChI=1S/C10H10ClN5O2S/c1-16-9(18)14-15-10(16)19-7-5(8(13)17)2-4(12)3-6(7)11/h2-3H,12H2,1H3,(H2,13,17)(H,14,18). The van der Waals surface area contributed by atoms with Crippen molar-refractivity contribution in [1.82, 2.24) is 14.8 Å². The molecule has 0 aliphatic rings. The van der Waals surface area contributed by atoms with Gasteiger partial charge >= 0.3 is 5.69 Å². The van der Waals surface area contributed by atoms with E-state index in [0.29, 0.717) is 15.7 Å². The van der Waals surface area contributed by atoms with Gasteiger partial charge in [-0.3, -0.25) is 9.36 Å². The average Bonchev–Trinajstić information content (AvgIpc) is 2.63. The maximum absolute atomic E-state index is 11.4. The van der Waals surface area contributed by atoms with Crippen molar-refractivity contribution in [3.63, 3.8) is 0 Å². The molecule has 0 saturated heterocycles. The topological polar surface area (TPSA) is 120 Å². The Morgan fingerprint density at radius 1 is 1.53 bits per heavy atom. The van der Waals surface area contributed by atoms with E-state index in [1.165, 1.54) is 16.7 Å². The van der Waals surface area contributed by atoms with Gasteiger partial charge in [0.25, 0.3) is 0 Å². The third-order valence-electron chi connectivity index (χ3n) is 2.36. The molecule has 0 aliphatic carbocycles. The summed E-state index contributed by atoms with van der Waals surface area (Å²) in [6, 6.07) is 2.93. The predicted octanol–water partition coefficient (Wildman–Crippen LogP) is 0.594. The van der Waals surface area contributed by atoms with Gasteiger partial charge in [0.15, 0.2) is 5.16 Å². The number of amides is 1. The van der Waals surface area contributed by atoms with Crippen molar-refractivity contribution in [3.05, 3.63) is 33.2 Å². The van der Waals surface area contributed by atoms with Crippen molar-refractivity contribution in [2.45, 2.75) is 10.1 Å². The van der Waals surface area contributed by atoms with E-state index < -0.39 is 5.91 Å². The number of halogens is 1. The van der Waals surface area contributed by atoms with Gasteiger partial charge in [-0.25, -0.2) is 9.89 Å². The van der Waals surface area contributed by atoms with Crippen LogP contribution < -0.4 is 17.2 Å². The quantitative estimate of drug-likeness (QED) is 0.717. The Kier molecular flexibility index (Phi) is 3.54. The Morgan fingerprint density at radius 2 is 2.21 bits per heavy atom. The summed E-state index contributed by atoms with van der Waals surface area (Å²) < 4.78 is 1.29. The molecule has 100 valence electrons. The second-order valence-corrected chi connectivity index (χ2v) is 5.10. The molecule has 0 saturated carbocycles. The molecule has 1 amide bonds. The van der Waals surface area contributed by atoms with Crippen LogP contribution in [0.2, 0.25) is 5.02 Å². The number of benzene rings is 1. The van der Waals surface area contributed by atoms with Gasteiger partial charge in [-0.2, -0.15) is 0 Å². The van der Waals surface area contributed by atoms with Gasteiger partial charge in [-0.05, 0) is 23.9 Å². The summed E-state index contributed by atoms with van der Waals surface area (Å²) in [6.07, 6.45) is 0. The lowest BCUT2D eigenvalue weighted by Crippen LogP contribution is -2.14. The molecule has 2 aromatic rings. The minimum absolute atomic E-state index is 0.186. The molecule has 0 unspecified atom stereocenters. The first-order chi connectivity index (χ1) is 8.90. The lowest BCUT2D eigenvalue weighted by atomic mass is 10.2. The van der Waals surface area contributed by atoms with Crippen LogP contribution in [-0.2, 0) is 7.05 Å². The van der Waals surface area contributed by atoms with Crippen molar-refractivity contribution >= 4 is 35.0 Å². The Hall–Kier alpha value is -1.93. The zero-order valence-electron chi connectivity index (χ0n) is 9.81. The summed E-state index contributed by atoms with van der Waals surface area (Å²) in [5.74, 6) is -0.655. The zero-order valence-corrected chi connectivity index (χ0v) is 11.4. The van der Waals surface area contributed by atoms with Crippen LogP contribution in [0.25, 0.3) is 0 Å². The van der Waals surface area contributed by atoms with Gasteiger partial charge in [0.2, 0.25) is 5.91 Å². The van der Waals surface area contributed by atoms with Gasteiger partial charge in [0.05, 0.1) is 10.6 Å². The number of rotatable bonds is 3. The van der Waals surface area contributed by atoms with Crippen molar-refractivity contribution in [3.8, 4) is 0 Å². The van der Waals surface area contributed by atoms with E-state index in [0.717, 1.165) is 11.8 Å². The first kappa shape index (κ1) is 13.5. The van der Waals surface area contributed by atoms with Crippen molar-refractivity contribution in [2.24, 2.45) is 12.8 Å². The zero-order chi connectivity index (χ0) is 14.2. The smallest absolute Gasteiger partial charge is 0.343 e. The molecule has 9 heteroatoms. The fourth-order valence-corrected chi connectivity index (χ4v) is 2.68. The fourth-order valence-electron chi connectivity index (χ4n) is 1.42. The molecule has 0 atom stereocenters. The SMILES string of the molecule is Cn1c(Sc2c(Cl)cc(N)cc2C(N)=O)n[nH]c1=O. The maximum atomic E-state index is 11.4. The average molecular weight is 300 g/mol. The number of H-pyrrole nitrogens is 1. The number of aromatic amines is 1. The van der Waals surface area contributed by atoms with Crippen molar-refractivity contribution in [1.29, 1.82) is 0 Å². The van der Waals surface area contributed by atoms with Gasteiger partial charge in [-0.15, -0.1) is 5.10 Å². The molecule has 19 heavy (non-hydrogen) atoms. The molecular formula is C10H10ClN5O2S. The van der Waals surface area contributed by atoms with Gasteiger partial charge in [0.1, 0.15) is 0 Å². The van der Waals surface area contributed by atoms with Crippen LogP contribution in [0.15, 0.2) is 27.0 Å². The molecule has 0 bridgehead atoms. The predicted molar refractivity (Wildman–Crippen MR) is 72.3 cm³/mol. The van der Waals surface area contributed by atoms with E-state index in [4.69, 9.17) is 23.1 Å². The summed E-state index contributed by atoms with van der Waals surface area (Å²) in [5.41, 5.74) is 11.1. The lowest BCUT2D eigenvalue weighted by molar-refractivity contribution is 0.0997. The number of hydrogen-bond donors (Lipinski definition) is 3. The van der Waals surface area contributed by atoms with Crippen molar-refractivity contribution in [2.75, 3.05) is 5.73 Å². The van der Waals surface area contributed by atoms with Crippen molar-refractivity contribution < 1.29 is 4.79 Å². The van der Waals surface area contributed by atoms with Crippen LogP contribution in [-0.4, -0.2) is 20.7 Å². The number of nitrogens with zero attached hydrogens (tertiary/aromatic N) is 2. The van der Waals surface area contributed by atoms with Gasteiger partial charge < -0.3 is 11.5 Å². The summed E-state index contributed by atoms with van der Waals surface area (Å²) >= 11 is 7.11. The number of nitrogens with two attached hydrogens (primary N) is 2. The highest BCUT2D eigenvalue weighted by Crippen LogP contribution is 2.36. The van der Waals surface area contributed by atoms with E-state index in [9.17, 15) is 9.59 Å². The van der Waals surface area contributed by atoms with E-state index in [1.807, 2.05) is 0 Å². The molecule has 2 rings (SSSR count). The minimum Gasteiger partial charge on any atom is -0.399 e. The van der Waals surface area contributed by atoms with E-state index in [-0.39, 0.29) is 16.3 Å². The van der Waals surface area contributed by atoms with Crippen LogP contribution in [0.5, 0.6) is 0 Å². The second-order valence-electron chi connectivity index (χ2n) is 3.72. The third kappa shape index (κ3) is 2.59. The minimum atomic E-state index is -0.655. The number of anilines is 1. The lowest BCUT2D eigenvalue weighted by Gasteiger charge is -2.09. The Balaban J connectivity index is 2.53. The normalized spacial score (nSPS) is 10.6. The first-order valence-electron chi connectivity index (χ1n) is 5.08. The number of nitrogens with one attached hydrogen (secondary N) is 1.